The largest absolute Gasteiger partial charge is 0.494 e. The Balaban J connectivity index is 0.000000156. The Hall–Kier alpha value is -3.51. The molecule has 2 aliphatic carbocycles. The van der Waals surface area contributed by atoms with E-state index in [-0.39, 0.29) is 11.4 Å². The number of aromatic amines is 1. The van der Waals surface area contributed by atoms with Crippen molar-refractivity contribution in [3.8, 4) is 28.0 Å². The Morgan fingerprint density at radius 3 is 2.55 bits per heavy atom. The smallest absolute Gasteiger partial charge is 0.248 e. The summed E-state index contributed by atoms with van der Waals surface area (Å²) in [6.45, 7) is 0.575. The topological polar surface area (TPSA) is 59.2 Å². The number of hydrogen-bond acceptors (Lipinski definition) is 3. The Labute approximate surface area is 182 Å². The van der Waals surface area contributed by atoms with Crippen molar-refractivity contribution in [2.24, 2.45) is 0 Å². The zero-order chi connectivity index (χ0) is 21.6. The van der Waals surface area contributed by atoms with Gasteiger partial charge in [-0.25, -0.2) is 8.60 Å². The summed E-state index contributed by atoms with van der Waals surface area (Å²) in [5.41, 5.74) is 4.86. The molecule has 31 heavy (non-hydrogen) atoms. The monoisotopic (exact) mass is 433 g/mol. The standard InChI is InChI=1S/C13H13NO3S.C12H7F/c15-13-6-3-10-9-11(4-5-12(10)14-13)17-7-1-2-8-18-16;13-12-4-2-1-3-10(12)9-6-5-8-7-11(8)9/h3-6,8-9H,1-2,7H2,(H,14,15);1-7H. The molecule has 6 heteroatoms. The lowest BCUT2D eigenvalue weighted by atomic mass is 10.1. The van der Waals surface area contributed by atoms with Gasteiger partial charge in [-0.15, -0.1) is 0 Å². The Kier molecular flexibility index (Phi) is 6.38. The molecule has 3 aromatic rings. The zero-order valence-corrected chi connectivity index (χ0v) is 17.5. The van der Waals surface area contributed by atoms with Gasteiger partial charge in [-0.1, -0.05) is 30.3 Å². The lowest BCUT2D eigenvalue weighted by Crippen LogP contribution is -2.02. The average Bonchev–Trinajstić information content (AvgIpc) is 3.45. The van der Waals surface area contributed by atoms with Gasteiger partial charge in [0.05, 0.1) is 17.9 Å². The van der Waals surface area contributed by atoms with E-state index in [0.717, 1.165) is 35.1 Å². The third kappa shape index (κ3) is 5.16. The highest BCUT2D eigenvalue weighted by Crippen LogP contribution is 2.44. The van der Waals surface area contributed by atoms with Crippen LogP contribution in [-0.4, -0.2) is 21.2 Å². The fourth-order valence-corrected chi connectivity index (χ4v) is 3.56. The molecule has 2 aliphatic rings. The number of hydrogen-bond donors (Lipinski definition) is 1. The number of benzene rings is 3. The third-order valence-corrected chi connectivity index (χ3v) is 5.28. The van der Waals surface area contributed by atoms with Crippen molar-refractivity contribution in [3.05, 3.63) is 89.0 Å². The molecule has 5 rings (SSSR count). The normalized spacial score (nSPS) is 10.7. The summed E-state index contributed by atoms with van der Waals surface area (Å²) in [4.78, 5) is 13.9. The minimum Gasteiger partial charge on any atom is -0.494 e. The van der Waals surface area contributed by atoms with Crippen LogP contribution < -0.4 is 10.3 Å². The molecule has 1 N–H and O–H groups in total. The van der Waals surface area contributed by atoms with E-state index in [1.54, 1.807) is 17.5 Å². The molecule has 0 unspecified atom stereocenters. The number of ether oxygens (including phenoxy) is 1. The second-order valence-corrected chi connectivity index (χ2v) is 7.59. The van der Waals surface area contributed by atoms with Crippen molar-refractivity contribution < 1.29 is 13.3 Å². The van der Waals surface area contributed by atoms with Crippen molar-refractivity contribution in [1.29, 1.82) is 0 Å². The van der Waals surface area contributed by atoms with Crippen LogP contribution in [0.5, 0.6) is 5.75 Å². The van der Waals surface area contributed by atoms with Gasteiger partial charge in [0, 0.05) is 27.9 Å². The molecule has 0 bridgehead atoms. The van der Waals surface area contributed by atoms with Crippen LogP contribution >= 0.6 is 0 Å². The van der Waals surface area contributed by atoms with Gasteiger partial charge in [0.1, 0.15) is 11.6 Å². The molecule has 4 nitrogen and oxygen atoms in total. The molecular weight excluding hydrogens is 413 g/mol. The van der Waals surface area contributed by atoms with Gasteiger partial charge in [-0.2, -0.15) is 0 Å². The number of fused-ring (bicyclic) bond motifs is 2. The Bertz CT molecular complexity index is 1340. The van der Waals surface area contributed by atoms with Crippen LogP contribution in [0.2, 0.25) is 0 Å². The van der Waals surface area contributed by atoms with Crippen molar-refractivity contribution in [2.45, 2.75) is 12.8 Å². The van der Waals surface area contributed by atoms with Gasteiger partial charge in [-0.05, 0) is 65.9 Å². The SMILES string of the molecule is Fc1ccccc1-c1ccc2cc1-2.O=S=CCCCOc1ccc2[nH]c(=O)ccc2c1. The van der Waals surface area contributed by atoms with Gasteiger partial charge in [0.15, 0.2) is 0 Å². The summed E-state index contributed by atoms with van der Waals surface area (Å²) in [5.74, 6) is 0.625. The van der Waals surface area contributed by atoms with Crippen LogP contribution in [0.1, 0.15) is 12.8 Å². The quantitative estimate of drug-likeness (QED) is 0.297. The summed E-state index contributed by atoms with van der Waals surface area (Å²) in [6, 6.07) is 21.8. The summed E-state index contributed by atoms with van der Waals surface area (Å²) in [7, 11) is 0. The van der Waals surface area contributed by atoms with Crippen molar-refractivity contribution in [2.75, 3.05) is 6.61 Å². The molecule has 2 aromatic carbocycles. The first-order valence-electron chi connectivity index (χ1n) is 9.91. The Morgan fingerprint density at radius 1 is 0.935 bits per heavy atom. The maximum atomic E-state index is 13.3. The van der Waals surface area contributed by atoms with Gasteiger partial charge < -0.3 is 9.72 Å². The lowest BCUT2D eigenvalue weighted by Gasteiger charge is -2.06. The number of pyridine rings is 1. The highest BCUT2D eigenvalue weighted by molar-refractivity contribution is 7.64. The first kappa shape index (κ1) is 20.8. The van der Waals surface area contributed by atoms with E-state index in [0.29, 0.717) is 23.4 Å². The first-order valence-corrected chi connectivity index (χ1v) is 10.7. The van der Waals surface area contributed by atoms with Gasteiger partial charge in [0.25, 0.3) is 0 Å². The molecule has 0 spiro atoms. The zero-order valence-electron chi connectivity index (χ0n) is 16.6. The minimum atomic E-state index is -0.142. The fraction of sp³-hybridized carbons (Fsp3) is 0.120. The summed E-state index contributed by atoms with van der Waals surface area (Å²) in [5, 5.41) is 2.56. The molecule has 156 valence electrons. The average molecular weight is 434 g/mol. The van der Waals surface area contributed by atoms with Crippen LogP contribution in [0.3, 0.4) is 0 Å². The molecule has 0 aliphatic heterocycles. The highest BCUT2D eigenvalue weighted by Gasteiger charge is 2.19. The number of halogens is 1. The van der Waals surface area contributed by atoms with E-state index in [1.807, 2.05) is 42.5 Å². The molecular formula is C25H20FNO3S. The van der Waals surface area contributed by atoms with Crippen LogP contribution in [0.15, 0.2) is 77.6 Å². The lowest BCUT2D eigenvalue weighted by molar-refractivity contribution is 0.314. The van der Waals surface area contributed by atoms with Crippen molar-refractivity contribution in [3.63, 3.8) is 0 Å². The van der Waals surface area contributed by atoms with Crippen molar-refractivity contribution >= 4 is 27.5 Å². The van der Waals surface area contributed by atoms with Gasteiger partial charge in [-0.3, -0.25) is 4.79 Å². The number of unbranched alkanes of at least 4 members (excludes halogenated alkanes) is 1. The van der Waals surface area contributed by atoms with E-state index in [2.05, 4.69) is 11.1 Å². The van der Waals surface area contributed by atoms with E-state index in [1.165, 1.54) is 23.3 Å². The molecule has 1 heterocycles. The predicted molar refractivity (Wildman–Crippen MR) is 124 cm³/mol. The second kappa shape index (κ2) is 9.53. The molecule has 1 aromatic heterocycles. The molecule has 0 fully saturated rings. The summed E-state index contributed by atoms with van der Waals surface area (Å²) < 4.78 is 29.0. The maximum Gasteiger partial charge on any atom is 0.248 e. The van der Waals surface area contributed by atoms with Crippen LogP contribution in [-0.2, 0) is 11.3 Å². The maximum absolute atomic E-state index is 13.3. The van der Waals surface area contributed by atoms with E-state index < -0.39 is 0 Å². The minimum absolute atomic E-state index is 0.109. The van der Waals surface area contributed by atoms with E-state index in [4.69, 9.17) is 4.74 Å². The van der Waals surface area contributed by atoms with Crippen molar-refractivity contribution in [1.82, 2.24) is 4.98 Å². The predicted octanol–water partition coefficient (Wildman–Crippen LogP) is 5.18. The van der Waals surface area contributed by atoms with Crippen LogP contribution in [0.4, 0.5) is 4.39 Å². The van der Waals surface area contributed by atoms with Crippen LogP contribution in [0.25, 0.3) is 33.2 Å². The fourth-order valence-electron chi connectivity index (χ4n) is 3.29. The molecule has 0 amide bonds. The highest BCUT2D eigenvalue weighted by atomic mass is 32.1. The second-order valence-electron chi connectivity index (χ2n) is 7.07. The summed E-state index contributed by atoms with van der Waals surface area (Å²) >= 11 is 0.487. The van der Waals surface area contributed by atoms with Crippen LogP contribution in [0, 0.1) is 5.82 Å². The summed E-state index contributed by atoms with van der Waals surface area (Å²) in [6.07, 6.45) is 1.56. The van der Waals surface area contributed by atoms with Gasteiger partial charge in [0.2, 0.25) is 5.56 Å². The number of aromatic nitrogens is 1. The first-order chi connectivity index (χ1) is 15.2. The molecule has 0 saturated heterocycles. The van der Waals surface area contributed by atoms with E-state index in [9.17, 15) is 13.4 Å². The number of nitrogens with one attached hydrogen (secondary N) is 1. The Morgan fingerprint density at radius 2 is 1.81 bits per heavy atom. The molecule has 0 radical (unpaired) electrons. The number of H-pyrrole nitrogens is 1. The number of rotatable bonds is 6. The van der Waals surface area contributed by atoms with E-state index >= 15 is 0 Å². The molecule has 0 saturated carbocycles. The molecule has 0 atom stereocenters. The third-order valence-electron chi connectivity index (χ3n) is 4.91. The van der Waals surface area contributed by atoms with Gasteiger partial charge >= 0.3 is 0 Å².